The van der Waals surface area contributed by atoms with Crippen LogP contribution in [-0.4, -0.2) is 21.8 Å². The number of H-pyrrole nitrogens is 1. The molecule has 0 saturated heterocycles. The number of benzene rings is 2. The molecule has 1 aromatic heterocycles. The highest BCUT2D eigenvalue weighted by atomic mass is 32.2. The standard InChI is InChI=1S/C24H24N4O3S/c1-13-8-9-18(15(3)10-13)25-22(30)17-11-19(29)26-21-20(17)23(31)28-24(27-21)32-12-16-7-5-4-6-14(16)2/h4-10,17H,11-12H2,1-3H3,(H,25,30)(H2,26,27,28,29,31)/t17-/m0/s1. The normalized spacial score (nSPS) is 15.1. The van der Waals surface area contributed by atoms with Crippen LogP contribution in [0.2, 0.25) is 0 Å². The van der Waals surface area contributed by atoms with Crippen LogP contribution in [0.1, 0.15) is 40.2 Å². The molecule has 1 aliphatic heterocycles. The quantitative estimate of drug-likeness (QED) is 0.403. The van der Waals surface area contributed by atoms with Crippen molar-refractivity contribution in [2.45, 2.75) is 44.0 Å². The van der Waals surface area contributed by atoms with Gasteiger partial charge in [0, 0.05) is 17.9 Å². The summed E-state index contributed by atoms with van der Waals surface area (Å²) < 4.78 is 0. The molecule has 2 aromatic carbocycles. The van der Waals surface area contributed by atoms with Gasteiger partial charge in [-0.1, -0.05) is 53.7 Å². The van der Waals surface area contributed by atoms with E-state index in [1.54, 1.807) is 0 Å². The molecule has 1 aliphatic rings. The van der Waals surface area contributed by atoms with E-state index in [4.69, 9.17) is 0 Å². The van der Waals surface area contributed by atoms with E-state index in [0.29, 0.717) is 16.6 Å². The molecular weight excluding hydrogens is 424 g/mol. The number of anilines is 2. The lowest BCUT2D eigenvalue weighted by atomic mass is 9.92. The van der Waals surface area contributed by atoms with Gasteiger partial charge in [-0.3, -0.25) is 14.4 Å². The highest BCUT2D eigenvalue weighted by Crippen LogP contribution is 2.31. The van der Waals surface area contributed by atoms with Gasteiger partial charge in [0.05, 0.1) is 11.5 Å². The van der Waals surface area contributed by atoms with Crippen LogP contribution >= 0.6 is 11.8 Å². The molecule has 0 saturated carbocycles. The minimum atomic E-state index is -0.911. The molecule has 0 bridgehead atoms. The van der Waals surface area contributed by atoms with Crippen molar-refractivity contribution in [3.8, 4) is 0 Å². The van der Waals surface area contributed by atoms with E-state index in [1.807, 2.05) is 63.2 Å². The summed E-state index contributed by atoms with van der Waals surface area (Å²) in [5.74, 6) is -0.880. The number of aromatic amines is 1. The average Bonchev–Trinajstić information content (AvgIpc) is 2.74. The van der Waals surface area contributed by atoms with Crippen molar-refractivity contribution < 1.29 is 9.59 Å². The van der Waals surface area contributed by atoms with E-state index < -0.39 is 17.4 Å². The molecule has 1 atom stereocenters. The summed E-state index contributed by atoms with van der Waals surface area (Å²) in [6, 6.07) is 13.7. The van der Waals surface area contributed by atoms with Crippen molar-refractivity contribution in [2.24, 2.45) is 0 Å². The van der Waals surface area contributed by atoms with Gasteiger partial charge in [0.2, 0.25) is 11.8 Å². The molecule has 4 rings (SSSR count). The largest absolute Gasteiger partial charge is 0.325 e. The van der Waals surface area contributed by atoms with Crippen LogP contribution in [0.3, 0.4) is 0 Å². The van der Waals surface area contributed by atoms with Gasteiger partial charge in [0.15, 0.2) is 5.16 Å². The first-order valence-electron chi connectivity index (χ1n) is 10.3. The molecule has 0 fully saturated rings. The number of thioether (sulfide) groups is 1. The summed E-state index contributed by atoms with van der Waals surface area (Å²) in [5, 5.41) is 5.91. The van der Waals surface area contributed by atoms with E-state index in [-0.39, 0.29) is 23.7 Å². The molecule has 32 heavy (non-hydrogen) atoms. The molecule has 0 unspecified atom stereocenters. The fourth-order valence-corrected chi connectivity index (χ4v) is 4.67. The van der Waals surface area contributed by atoms with Gasteiger partial charge in [-0.05, 0) is 43.5 Å². The summed E-state index contributed by atoms with van der Waals surface area (Å²) in [6.45, 7) is 5.90. The molecule has 0 spiro atoms. The molecular formula is C24H24N4O3S. The fraction of sp³-hybridized carbons (Fsp3) is 0.250. The first-order valence-corrected chi connectivity index (χ1v) is 11.3. The Bertz CT molecular complexity index is 1270. The maximum absolute atomic E-state index is 13.0. The number of nitrogens with zero attached hydrogens (tertiary/aromatic N) is 1. The van der Waals surface area contributed by atoms with Crippen molar-refractivity contribution in [1.29, 1.82) is 0 Å². The summed E-state index contributed by atoms with van der Waals surface area (Å²) in [7, 11) is 0. The molecule has 0 radical (unpaired) electrons. The average molecular weight is 449 g/mol. The lowest BCUT2D eigenvalue weighted by Crippen LogP contribution is -2.36. The SMILES string of the molecule is Cc1ccc(NC(=O)[C@H]2CC(=O)Nc3nc(SCc4ccccc4C)[nH]c(=O)c32)c(C)c1. The second-order valence-electron chi connectivity index (χ2n) is 7.96. The molecule has 3 aromatic rings. The second kappa shape index (κ2) is 9.00. The molecule has 0 aliphatic carbocycles. The zero-order chi connectivity index (χ0) is 22.8. The molecule has 164 valence electrons. The zero-order valence-corrected chi connectivity index (χ0v) is 18.9. The monoisotopic (exact) mass is 448 g/mol. The third kappa shape index (κ3) is 4.60. The fourth-order valence-electron chi connectivity index (χ4n) is 3.73. The molecule has 3 N–H and O–H groups in total. The number of rotatable bonds is 5. The van der Waals surface area contributed by atoms with Crippen molar-refractivity contribution in [1.82, 2.24) is 9.97 Å². The van der Waals surface area contributed by atoms with E-state index in [0.717, 1.165) is 22.3 Å². The summed E-state index contributed by atoms with van der Waals surface area (Å²) in [4.78, 5) is 45.4. The number of aromatic nitrogens is 2. The van der Waals surface area contributed by atoms with Crippen molar-refractivity contribution in [3.05, 3.63) is 80.6 Å². The molecule has 7 nitrogen and oxygen atoms in total. The number of carbonyl (C=O) groups excluding carboxylic acids is 2. The van der Waals surface area contributed by atoms with Gasteiger partial charge >= 0.3 is 0 Å². The maximum Gasteiger partial charge on any atom is 0.257 e. The van der Waals surface area contributed by atoms with Crippen LogP contribution in [0.25, 0.3) is 0 Å². The van der Waals surface area contributed by atoms with Crippen LogP contribution in [0.5, 0.6) is 0 Å². The van der Waals surface area contributed by atoms with Crippen molar-refractivity contribution >= 4 is 35.1 Å². The van der Waals surface area contributed by atoms with Crippen LogP contribution in [-0.2, 0) is 15.3 Å². The number of aryl methyl sites for hydroxylation is 3. The first-order chi connectivity index (χ1) is 15.3. The van der Waals surface area contributed by atoms with E-state index in [2.05, 4.69) is 20.6 Å². The Labute approximate surface area is 190 Å². The highest BCUT2D eigenvalue weighted by molar-refractivity contribution is 7.98. The van der Waals surface area contributed by atoms with Crippen molar-refractivity contribution in [2.75, 3.05) is 10.6 Å². The van der Waals surface area contributed by atoms with Gasteiger partial charge in [0.25, 0.3) is 5.56 Å². The van der Waals surface area contributed by atoms with E-state index in [9.17, 15) is 14.4 Å². The second-order valence-corrected chi connectivity index (χ2v) is 8.93. The first kappa shape index (κ1) is 21.8. The summed E-state index contributed by atoms with van der Waals surface area (Å²) in [6.07, 6.45) is -0.107. The zero-order valence-electron chi connectivity index (χ0n) is 18.1. The third-order valence-electron chi connectivity index (χ3n) is 5.51. The van der Waals surface area contributed by atoms with Gasteiger partial charge in [0.1, 0.15) is 5.82 Å². The Hall–Kier alpha value is -3.39. The highest BCUT2D eigenvalue weighted by Gasteiger charge is 2.35. The number of nitrogens with one attached hydrogen (secondary N) is 3. The van der Waals surface area contributed by atoms with Gasteiger partial charge in [-0.25, -0.2) is 4.98 Å². The minimum Gasteiger partial charge on any atom is -0.325 e. The van der Waals surface area contributed by atoms with Crippen LogP contribution in [0.15, 0.2) is 52.4 Å². The van der Waals surface area contributed by atoms with Gasteiger partial charge in [-0.15, -0.1) is 0 Å². The van der Waals surface area contributed by atoms with Gasteiger partial charge in [-0.2, -0.15) is 0 Å². The number of hydrogen-bond acceptors (Lipinski definition) is 5. The third-order valence-corrected chi connectivity index (χ3v) is 6.43. The summed E-state index contributed by atoms with van der Waals surface area (Å²) >= 11 is 1.37. The van der Waals surface area contributed by atoms with Gasteiger partial charge < -0.3 is 15.6 Å². The number of amides is 2. The van der Waals surface area contributed by atoms with E-state index in [1.165, 1.54) is 11.8 Å². The van der Waals surface area contributed by atoms with Crippen LogP contribution < -0.4 is 16.2 Å². The molecule has 8 heteroatoms. The maximum atomic E-state index is 13.0. The Morgan fingerprint density at radius 1 is 1.12 bits per heavy atom. The van der Waals surface area contributed by atoms with Crippen LogP contribution in [0.4, 0.5) is 11.5 Å². The smallest absolute Gasteiger partial charge is 0.257 e. The van der Waals surface area contributed by atoms with Crippen LogP contribution in [0, 0.1) is 20.8 Å². The predicted molar refractivity (Wildman–Crippen MR) is 126 cm³/mol. The lowest BCUT2D eigenvalue weighted by molar-refractivity contribution is -0.123. The Morgan fingerprint density at radius 2 is 1.91 bits per heavy atom. The van der Waals surface area contributed by atoms with Crippen molar-refractivity contribution in [3.63, 3.8) is 0 Å². The lowest BCUT2D eigenvalue weighted by Gasteiger charge is -2.24. The number of hydrogen-bond donors (Lipinski definition) is 3. The molecule has 2 heterocycles. The summed E-state index contributed by atoms with van der Waals surface area (Å²) in [5.41, 5.74) is 4.70. The minimum absolute atomic E-state index is 0.107. The Balaban J connectivity index is 1.59. The Morgan fingerprint density at radius 3 is 2.66 bits per heavy atom. The number of fused-ring (bicyclic) bond motifs is 1. The number of carbonyl (C=O) groups is 2. The Kier molecular flexibility index (Phi) is 6.14. The van der Waals surface area contributed by atoms with E-state index >= 15 is 0 Å². The predicted octanol–water partition coefficient (Wildman–Crippen LogP) is 4.05. The molecule has 2 amide bonds. The topological polar surface area (TPSA) is 104 Å².